The molecule has 0 aliphatic carbocycles. The van der Waals surface area contributed by atoms with Gasteiger partial charge < -0.3 is 15.9 Å². The summed E-state index contributed by atoms with van der Waals surface area (Å²) in [5, 5.41) is 17.8. The van der Waals surface area contributed by atoms with Crippen LogP contribution in [0.3, 0.4) is 0 Å². The number of rotatable bonds is 3. The van der Waals surface area contributed by atoms with Crippen molar-refractivity contribution in [3.63, 3.8) is 0 Å². The summed E-state index contributed by atoms with van der Waals surface area (Å²) in [5.41, 5.74) is 6.02. The molecular formula is C9H12ClNO3. The molecule has 0 saturated carbocycles. The fraction of sp³-hybridized carbons (Fsp3) is 0.222. The molecule has 1 rings (SSSR count). The normalized spacial score (nSPS) is 11.5. The van der Waals surface area contributed by atoms with Crippen molar-refractivity contribution in [2.24, 2.45) is 5.73 Å². The van der Waals surface area contributed by atoms with Gasteiger partial charge in [-0.15, -0.1) is 12.4 Å². The van der Waals surface area contributed by atoms with Crippen LogP contribution >= 0.6 is 12.4 Å². The van der Waals surface area contributed by atoms with Gasteiger partial charge in [-0.1, -0.05) is 18.2 Å². The Morgan fingerprint density at radius 3 is 2.50 bits per heavy atom. The van der Waals surface area contributed by atoms with E-state index in [1.165, 1.54) is 6.07 Å². The molecule has 0 bridgehead atoms. The Bertz CT molecular complexity index is 317. The second-order valence-corrected chi connectivity index (χ2v) is 2.76. The van der Waals surface area contributed by atoms with E-state index in [9.17, 15) is 9.90 Å². The number of benzene rings is 1. The van der Waals surface area contributed by atoms with Crippen molar-refractivity contribution in [2.75, 3.05) is 0 Å². The number of nitrogens with two attached hydrogens (primary N) is 1. The molecule has 5 heteroatoms. The van der Waals surface area contributed by atoms with Gasteiger partial charge >= 0.3 is 5.97 Å². The van der Waals surface area contributed by atoms with Crippen molar-refractivity contribution in [3.05, 3.63) is 29.8 Å². The van der Waals surface area contributed by atoms with Crippen LogP contribution < -0.4 is 5.73 Å². The molecule has 4 nitrogen and oxygen atoms in total. The van der Waals surface area contributed by atoms with Crippen LogP contribution in [0, 0.1) is 0 Å². The van der Waals surface area contributed by atoms with E-state index in [1.807, 2.05) is 0 Å². The molecule has 14 heavy (non-hydrogen) atoms. The van der Waals surface area contributed by atoms with E-state index in [0.717, 1.165) is 0 Å². The zero-order valence-electron chi connectivity index (χ0n) is 7.38. The van der Waals surface area contributed by atoms with E-state index in [0.29, 0.717) is 5.56 Å². The third-order valence-corrected chi connectivity index (χ3v) is 1.73. The molecule has 0 heterocycles. The van der Waals surface area contributed by atoms with Gasteiger partial charge in [-0.2, -0.15) is 0 Å². The highest BCUT2D eigenvalue weighted by Gasteiger charge is 2.13. The number of halogens is 1. The largest absolute Gasteiger partial charge is 0.508 e. The summed E-state index contributed by atoms with van der Waals surface area (Å²) in [4.78, 5) is 10.3. The van der Waals surface area contributed by atoms with Crippen molar-refractivity contribution in [1.29, 1.82) is 0 Å². The smallest absolute Gasteiger partial charge is 0.305 e. The number of hydrogen-bond acceptors (Lipinski definition) is 3. The first-order chi connectivity index (χ1) is 6.11. The lowest BCUT2D eigenvalue weighted by atomic mass is 10.0. The number of hydrogen-bond donors (Lipinski definition) is 3. The van der Waals surface area contributed by atoms with Crippen molar-refractivity contribution in [2.45, 2.75) is 12.5 Å². The molecule has 1 aromatic rings. The second kappa shape index (κ2) is 5.47. The molecular weight excluding hydrogens is 206 g/mol. The Kier molecular flexibility index (Phi) is 4.97. The summed E-state index contributed by atoms with van der Waals surface area (Å²) in [6, 6.07) is 5.81. The molecule has 0 amide bonds. The molecule has 0 saturated heterocycles. The molecule has 78 valence electrons. The number of carboxylic acid groups (broad SMARTS) is 1. The Morgan fingerprint density at radius 1 is 1.43 bits per heavy atom. The van der Waals surface area contributed by atoms with E-state index in [2.05, 4.69) is 0 Å². The SMILES string of the molecule is Cl.N[C@@H](CC(=O)O)c1ccccc1O. The predicted molar refractivity (Wildman–Crippen MR) is 54.5 cm³/mol. The molecule has 0 spiro atoms. The average Bonchev–Trinajstić information content (AvgIpc) is 2.03. The van der Waals surface area contributed by atoms with Gasteiger partial charge in [0.1, 0.15) is 5.75 Å². The lowest BCUT2D eigenvalue weighted by molar-refractivity contribution is -0.137. The second-order valence-electron chi connectivity index (χ2n) is 2.76. The number of carboxylic acids is 1. The van der Waals surface area contributed by atoms with Crippen molar-refractivity contribution >= 4 is 18.4 Å². The van der Waals surface area contributed by atoms with Crippen LogP contribution in [-0.2, 0) is 4.79 Å². The molecule has 0 aliphatic rings. The third kappa shape index (κ3) is 3.24. The van der Waals surface area contributed by atoms with E-state index < -0.39 is 12.0 Å². The van der Waals surface area contributed by atoms with Crippen molar-refractivity contribution in [3.8, 4) is 5.75 Å². The average molecular weight is 218 g/mol. The Morgan fingerprint density at radius 2 is 2.00 bits per heavy atom. The summed E-state index contributed by atoms with van der Waals surface area (Å²) in [7, 11) is 0. The summed E-state index contributed by atoms with van der Waals surface area (Å²) in [6.07, 6.45) is -0.183. The first-order valence-electron chi connectivity index (χ1n) is 3.86. The maximum Gasteiger partial charge on any atom is 0.305 e. The summed E-state index contributed by atoms with van der Waals surface area (Å²) >= 11 is 0. The van der Waals surface area contributed by atoms with Crippen molar-refractivity contribution < 1.29 is 15.0 Å². The predicted octanol–water partition coefficient (Wildman–Crippen LogP) is 1.29. The fourth-order valence-electron chi connectivity index (χ4n) is 1.10. The number of phenols is 1. The van der Waals surface area contributed by atoms with E-state index >= 15 is 0 Å². The van der Waals surface area contributed by atoms with Gasteiger partial charge in [0.25, 0.3) is 0 Å². The lowest BCUT2D eigenvalue weighted by Crippen LogP contribution is -2.14. The van der Waals surface area contributed by atoms with Gasteiger partial charge in [0.15, 0.2) is 0 Å². The fourth-order valence-corrected chi connectivity index (χ4v) is 1.10. The van der Waals surface area contributed by atoms with Gasteiger partial charge in [0.2, 0.25) is 0 Å². The molecule has 0 radical (unpaired) electrons. The Hall–Kier alpha value is -1.26. The highest BCUT2D eigenvalue weighted by Crippen LogP contribution is 2.23. The Labute approximate surface area is 87.8 Å². The first kappa shape index (κ1) is 12.7. The van der Waals surface area contributed by atoms with Crippen LogP contribution in [0.5, 0.6) is 5.75 Å². The highest BCUT2D eigenvalue weighted by atomic mass is 35.5. The molecule has 1 aromatic carbocycles. The molecule has 0 aromatic heterocycles. The zero-order chi connectivity index (χ0) is 9.84. The maximum atomic E-state index is 10.3. The van der Waals surface area contributed by atoms with Crippen LogP contribution in [0.4, 0.5) is 0 Å². The zero-order valence-corrected chi connectivity index (χ0v) is 8.20. The topological polar surface area (TPSA) is 83.6 Å². The number of aliphatic carboxylic acids is 1. The standard InChI is InChI=1S/C9H11NO3.ClH/c10-7(5-9(12)13)6-3-1-2-4-8(6)11;/h1-4,7,11H,5,10H2,(H,12,13);1H/t7-;/m0./s1. The first-order valence-corrected chi connectivity index (χ1v) is 3.86. The maximum absolute atomic E-state index is 10.3. The number of para-hydroxylation sites is 1. The van der Waals surface area contributed by atoms with E-state index in [-0.39, 0.29) is 24.6 Å². The lowest BCUT2D eigenvalue weighted by Gasteiger charge is -2.10. The summed E-state index contributed by atoms with van der Waals surface area (Å²) < 4.78 is 0. The third-order valence-electron chi connectivity index (χ3n) is 1.73. The molecule has 0 aliphatic heterocycles. The van der Waals surface area contributed by atoms with Gasteiger partial charge in [0.05, 0.1) is 6.42 Å². The van der Waals surface area contributed by atoms with Crippen LogP contribution in [-0.4, -0.2) is 16.2 Å². The van der Waals surface area contributed by atoms with Gasteiger partial charge in [-0.05, 0) is 6.07 Å². The molecule has 4 N–H and O–H groups in total. The molecule has 1 atom stereocenters. The summed E-state index contributed by atoms with van der Waals surface area (Å²) in [5.74, 6) is -0.938. The monoisotopic (exact) mass is 217 g/mol. The highest BCUT2D eigenvalue weighted by molar-refractivity contribution is 5.85. The van der Waals surface area contributed by atoms with Crippen LogP contribution in [0.1, 0.15) is 18.0 Å². The van der Waals surface area contributed by atoms with Gasteiger partial charge in [-0.3, -0.25) is 4.79 Å². The Balaban J connectivity index is 0.00000169. The van der Waals surface area contributed by atoms with E-state index in [4.69, 9.17) is 10.8 Å². The van der Waals surface area contributed by atoms with Crippen LogP contribution in [0.2, 0.25) is 0 Å². The minimum atomic E-state index is -0.976. The minimum Gasteiger partial charge on any atom is -0.508 e. The van der Waals surface area contributed by atoms with Crippen LogP contribution in [0.15, 0.2) is 24.3 Å². The van der Waals surface area contributed by atoms with Gasteiger partial charge in [-0.25, -0.2) is 0 Å². The number of phenolic OH excluding ortho intramolecular Hbond substituents is 1. The van der Waals surface area contributed by atoms with E-state index in [1.54, 1.807) is 18.2 Å². The molecule has 0 unspecified atom stereocenters. The minimum absolute atomic E-state index is 0. The summed E-state index contributed by atoms with van der Waals surface area (Å²) in [6.45, 7) is 0. The number of carbonyl (C=O) groups is 1. The quantitative estimate of drug-likeness (QED) is 0.713. The molecule has 0 fully saturated rings. The van der Waals surface area contributed by atoms with Crippen molar-refractivity contribution in [1.82, 2.24) is 0 Å². The number of aromatic hydroxyl groups is 1. The van der Waals surface area contributed by atoms with Gasteiger partial charge in [0, 0.05) is 11.6 Å². The van der Waals surface area contributed by atoms with Crippen LogP contribution in [0.25, 0.3) is 0 Å².